The summed E-state index contributed by atoms with van der Waals surface area (Å²) >= 11 is 0. The van der Waals surface area contributed by atoms with Crippen molar-refractivity contribution in [3.05, 3.63) is 12.2 Å². The molecule has 0 aliphatic rings. The Hall–Kier alpha value is -0.300. The average molecular weight is 300 g/mol. The molecule has 0 atom stereocenters. The van der Waals surface area contributed by atoms with Crippen molar-refractivity contribution < 1.29 is 0 Å². The minimum atomic E-state index is 1.14. The lowest BCUT2D eigenvalue weighted by Gasteiger charge is -2.00. The first-order valence-corrected chi connectivity index (χ1v) is 9.40. The summed E-state index contributed by atoms with van der Waals surface area (Å²) in [5.74, 6) is 0. The zero-order valence-corrected chi connectivity index (χ0v) is 16.4. The molecule has 0 fully saturated rings. The SMILES string of the molecule is CCC/C=C/CCC.CCCCCCCC.CCN(C)C. The van der Waals surface area contributed by atoms with Crippen LogP contribution in [0.25, 0.3) is 0 Å². The molecular formula is C20H45N. The van der Waals surface area contributed by atoms with Crippen molar-refractivity contribution in [2.75, 3.05) is 20.6 Å². The second-order valence-corrected chi connectivity index (χ2v) is 5.86. The van der Waals surface area contributed by atoms with E-state index in [1.54, 1.807) is 0 Å². The standard InChI is InChI=1S/C8H18.C8H16.C4H11N/c2*1-3-5-7-8-6-4-2;1-4-5(2)3/h3-8H2,1-2H3;7-8H,3-6H2,1-2H3;4H2,1-3H3/b;8-7+;. The van der Waals surface area contributed by atoms with Crippen LogP contribution >= 0.6 is 0 Å². The molecule has 0 aromatic carbocycles. The van der Waals surface area contributed by atoms with Gasteiger partial charge in [-0.1, -0.05) is 98.1 Å². The van der Waals surface area contributed by atoms with E-state index in [0.717, 1.165) is 6.54 Å². The summed E-state index contributed by atoms with van der Waals surface area (Å²) in [5.41, 5.74) is 0. The van der Waals surface area contributed by atoms with Crippen LogP contribution in [-0.4, -0.2) is 25.5 Å². The van der Waals surface area contributed by atoms with Crippen LogP contribution in [0.3, 0.4) is 0 Å². The van der Waals surface area contributed by atoms with E-state index in [4.69, 9.17) is 0 Å². The van der Waals surface area contributed by atoms with Gasteiger partial charge in [0.1, 0.15) is 0 Å². The smallest absolute Gasteiger partial charge is 0.00533 e. The van der Waals surface area contributed by atoms with E-state index in [9.17, 15) is 0 Å². The van der Waals surface area contributed by atoms with Crippen molar-refractivity contribution >= 4 is 0 Å². The molecule has 0 aliphatic carbocycles. The number of nitrogens with zero attached hydrogens (tertiary/aromatic N) is 1. The van der Waals surface area contributed by atoms with Crippen molar-refractivity contribution in [1.82, 2.24) is 4.90 Å². The zero-order valence-electron chi connectivity index (χ0n) is 16.4. The Morgan fingerprint density at radius 2 is 0.905 bits per heavy atom. The molecule has 0 N–H and O–H groups in total. The summed E-state index contributed by atoms with van der Waals surface area (Å²) in [6.07, 6.45) is 18.1. The van der Waals surface area contributed by atoms with Gasteiger partial charge in [-0.05, 0) is 33.5 Å². The highest BCUT2D eigenvalue weighted by atomic mass is 15.0. The topological polar surface area (TPSA) is 3.24 Å². The largest absolute Gasteiger partial charge is 0.310 e. The van der Waals surface area contributed by atoms with E-state index >= 15 is 0 Å². The van der Waals surface area contributed by atoms with Crippen LogP contribution in [0.2, 0.25) is 0 Å². The maximum absolute atomic E-state index is 2.27. The molecule has 1 nitrogen and oxygen atoms in total. The van der Waals surface area contributed by atoms with Gasteiger partial charge in [0.15, 0.2) is 0 Å². The lowest BCUT2D eigenvalue weighted by molar-refractivity contribution is 0.434. The Kier molecular flexibility index (Phi) is 34.1. The third kappa shape index (κ3) is 45.1. The fourth-order valence-corrected chi connectivity index (χ4v) is 1.42. The molecule has 0 aliphatic heterocycles. The lowest BCUT2D eigenvalue weighted by atomic mass is 10.1. The summed E-state index contributed by atoms with van der Waals surface area (Å²) in [7, 11) is 4.11. The number of hydrogen-bond acceptors (Lipinski definition) is 1. The van der Waals surface area contributed by atoms with Gasteiger partial charge in [0, 0.05) is 0 Å². The first-order chi connectivity index (χ1) is 10.1. The highest BCUT2D eigenvalue weighted by Gasteiger charge is 1.83. The highest BCUT2D eigenvalue weighted by molar-refractivity contribution is 4.79. The van der Waals surface area contributed by atoms with Crippen LogP contribution in [0, 0.1) is 0 Å². The molecule has 0 aromatic rings. The molecule has 0 amide bonds. The van der Waals surface area contributed by atoms with E-state index in [1.807, 2.05) is 0 Å². The Morgan fingerprint density at radius 3 is 1.10 bits per heavy atom. The fraction of sp³-hybridized carbons (Fsp3) is 0.900. The van der Waals surface area contributed by atoms with E-state index in [0.29, 0.717) is 0 Å². The first kappa shape index (κ1) is 25.6. The van der Waals surface area contributed by atoms with Gasteiger partial charge in [-0.15, -0.1) is 0 Å². The highest BCUT2D eigenvalue weighted by Crippen LogP contribution is 2.03. The second kappa shape index (κ2) is 27.9. The van der Waals surface area contributed by atoms with Crippen LogP contribution in [-0.2, 0) is 0 Å². The minimum Gasteiger partial charge on any atom is -0.310 e. The molecule has 0 spiro atoms. The van der Waals surface area contributed by atoms with Crippen molar-refractivity contribution in [2.45, 2.75) is 98.8 Å². The van der Waals surface area contributed by atoms with Crippen molar-refractivity contribution in [2.24, 2.45) is 0 Å². The predicted octanol–water partition coefficient (Wildman–Crippen LogP) is 7.08. The van der Waals surface area contributed by atoms with E-state index in [1.165, 1.54) is 64.2 Å². The van der Waals surface area contributed by atoms with E-state index in [-0.39, 0.29) is 0 Å². The molecule has 1 heteroatoms. The predicted molar refractivity (Wildman–Crippen MR) is 102 cm³/mol. The molecule has 21 heavy (non-hydrogen) atoms. The van der Waals surface area contributed by atoms with Crippen LogP contribution < -0.4 is 0 Å². The first-order valence-electron chi connectivity index (χ1n) is 9.40. The Morgan fingerprint density at radius 1 is 0.571 bits per heavy atom. The van der Waals surface area contributed by atoms with Crippen LogP contribution in [0.15, 0.2) is 12.2 Å². The van der Waals surface area contributed by atoms with Gasteiger partial charge in [0.25, 0.3) is 0 Å². The van der Waals surface area contributed by atoms with E-state index in [2.05, 4.69) is 65.8 Å². The van der Waals surface area contributed by atoms with Gasteiger partial charge in [0.2, 0.25) is 0 Å². The maximum atomic E-state index is 2.27. The van der Waals surface area contributed by atoms with E-state index < -0.39 is 0 Å². The van der Waals surface area contributed by atoms with Crippen molar-refractivity contribution in [1.29, 1.82) is 0 Å². The number of unbranched alkanes of at least 4 members (excludes halogenated alkanes) is 7. The number of hydrogen-bond donors (Lipinski definition) is 0. The quantitative estimate of drug-likeness (QED) is 0.308. The van der Waals surface area contributed by atoms with Crippen LogP contribution in [0.1, 0.15) is 98.8 Å². The van der Waals surface area contributed by atoms with Gasteiger partial charge < -0.3 is 4.90 Å². The molecule has 0 saturated heterocycles. The molecule has 0 unspecified atom stereocenters. The summed E-state index contributed by atoms with van der Waals surface area (Å²) < 4.78 is 0. The molecule has 0 radical (unpaired) electrons. The number of rotatable bonds is 10. The summed E-state index contributed by atoms with van der Waals surface area (Å²) in [5, 5.41) is 0. The maximum Gasteiger partial charge on any atom is -0.00533 e. The third-order valence-electron chi connectivity index (χ3n) is 3.17. The molecule has 0 bridgehead atoms. The van der Waals surface area contributed by atoms with Gasteiger partial charge in [-0.25, -0.2) is 0 Å². The lowest BCUT2D eigenvalue weighted by Crippen LogP contribution is -2.08. The molecule has 0 saturated carbocycles. The Labute approximate surface area is 137 Å². The molecule has 0 rings (SSSR count). The fourth-order valence-electron chi connectivity index (χ4n) is 1.42. The Bertz CT molecular complexity index is 147. The second-order valence-electron chi connectivity index (χ2n) is 5.86. The number of allylic oxidation sites excluding steroid dienone is 2. The molecule has 0 aromatic heterocycles. The normalized spacial score (nSPS) is 10.1. The van der Waals surface area contributed by atoms with Crippen LogP contribution in [0.5, 0.6) is 0 Å². The molecule has 0 heterocycles. The summed E-state index contributed by atoms with van der Waals surface area (Å²) in [6.45, 7) is 12.2. The van der Waals surface area contributed by atoms with Gasteiger partial charge in [-0.3, -0.25) is 0 Å². The van der Waals surface area contributed by atoms with Crippen molar-refractivity contribution in [3.8, 4) is 0 Å². The van der Waals surface area contributed by atoms with Crippen LogP contribution in [0.4, 0.5) is 0 Å². The summed E-state index contributed by atoms with van der Waals surface area (Å²) in [4.78, 5) is 2.12. The van der Waals surface area contributed by atoms with Gasteiger partial charge in [-0.2, -0.15) is 0 Å². The molecular weight excluding hydrogens is 254 g/mol. The van der Waals surface area contributed by atoms with Gasteiger partial charge >= 0.3 is 0 Å². The van der Waals surface area contributed by atoms with Gasteiger partial charge in [0.05, 0.1) is 0 Å². The van der Waals surface area contributed by atoms with Crippen molar-refractivity contribution in [3.63, 3.8) is 0 Å². The zero-order chi connectivity index (χ0) is 16.8. The third-order valence-corrected chi connectivity index (χ3v) is 3.17. The molecule has 130 valence electrons. The average Bonchev–Trinajstić information content (AvgIpc) is 2.49. The monoisotopic (exact) mass is 299 g/mol. The summed E-state index contributed by atoms with van der Waals surface area (Å²) in [6, 6.07) is 0. The Balaban J connectivity index is -0.000000239. The minimum absolute atomic E-state index is 1.14.